The van der Waals surface area contributed by atoms with E-state index in [1.165, 1.54) is 11.8 Å². The van der Waals surface area contributed by atoms with Crippen molar-refractivity contribution in [2.75, 3.05) is 19.7 Å². The molecule has 0 radical (unpaired) electrons. The second-order valence-electron chi connectivity index (χ2n) is 8.25. The molecule has 0 saturated carbocycles. The Labute approximate surface area is 228 Å². The van der Waals surface area contributed by atoms with Gasteiger partial charge in [0.1, 0.15) is 22.9 Å². The second kappa shape index (κ2) is 11.8. The molecule has 2 aromatic carbocycles. The third kappa shape index (κ3) is 5.83. The summed E-state index contributed by atoms with van der Waals surface area (Å²) in [5.41, 5.74) is 2.41. The highest BCUT2D eigenvalue weighted by molar-refractivity contribution is 9.10. The quantitative estimate of drug-likeness (QED) is 0.308. The molecule has 9 heteroatoms. The molecule has 0 fully saturated rings. The van der Waals surface area contributed by atoms with Gasteiger partial charge < -0.3 is 19.3 Å². The van der Waals surface area contributed by atoms with Gasteiger partial charge in [-0.2, -0.15) is 0 Å². The number of halogens is 1. The molecule has 37 heavy (non-hydrogen) atoms. The Morgan fingerprint density at radius 3 is 2.54 bits per heavy atom. The summed E-state index contributed by atoms with van der Waals surface area (Å²) in [6.07, 6.45) is 3.72. The molecule has 1 aliphatic rings. The van der Waals surface area contributed by atoms with Crippen LogP contribution >= 0.6 is 27.7 Å². The SMILES string of the molecule is CCOC(=O)C1=C(O)/C(=C/c2cn(CC(=O)N(CC)CC)c3ccc(Br)cc23)SC1=Nc1ccccc1. The minimum atomic E-state index is -0.624. The van der Waals surface area contributed by atoms with E-state index < -0.39 is 5.97 Å². The molecule has 2 heterocycles. The summed E-state index contributed by atoms with van der Waals surface area (Å²) in [5, 5.41) is 12.4. The lowest BCUT2D eigenvalue weighted by molar-refractivity contribution is -0.138. The van der Waals surface area contributed by atoms with Gasteiger partial charge in [-0.15, -0.1) is 0 Å². The zero-order valence-electron chi connectivity index (χ0n) is 20.9. The fourth-order valence-electron chi connectivity index (χ4n) is 4.12. The van der Waals surface area contributed by atoms with Crippen LogP contribution in [0.15, 0.2) is 80.4 Å². The Hall–Kier alpha value is -3.30. The van der Waals surface area contributed by atoms with Gasteiger partial charge in [-0.05, 0) is 57.2 Å². The number of nitrogens with zero attached hydrogens (tertiary/aromatic N) is 3. The average molecular weight is 583 g/mol. The fraction of sp³-hybridized carbons (Fsp3) is 0.250. The number of aliphatic hydroxyl groups is 1. The molecule has 0 spiro atoms. The predicted octanol–water partition coefficient (Wildman–Crippen LogP) is 6.47. The smallest absolute Gasteiger partial charge is 0.344 e. The maximum absolute atomic E-state index is 12.8. The molecule has 0 bridgehead atoms. The van der Waals surface area contributed by atoms with E-state index >= 15 is 0 Å². The van der Waals surface area contributed by atoms with Crippen LogP contribution in [0.25, 0.3) is 17.0 Å². The maximum Gasteiger partial charge on any atom is 0.344 e. The number of hydrogen-bond acceptors (Lipinski definition) is 6. The topological polar surface area (TPSA) is 84.1 Å². The molecular formula is C28H28BrN3O4S. The number of thioether (sulfide) groups is 1. The Bertz CT molecular complexity index is 1420. The van der Waals surface area contributed by atoms with Gasteiger partial charge in [0, 0.05) is 40.2 Å². The molecule has 4 rings (SSSR count). The molecule has 1 aromatic heterocycles. The molecule has 3 aromatic rings. The van der Waals surface area contributed by atoms with E-state index in [1.807, 2.05) is 79.2 Å². The minimum absolute atomic E-state index is 0.0314. The number of benzene rings is 2. The summed E-state index contributed by atoms with van der Waals surface area (Å²) in [4.78, 5) is 32.5. The van der Waals surface area contributed by atoms with Crippen molar-refractivity contribution in [3.63, 3.8) is 0 Å². The van der Waals surface area contributed by atoms with Crippen LogP contribution in [-0.2, 0) is 20.9 Å². The Kier molecular flexibility index (Phi) is 8.56. The minimum Gasteiger partial charge on any atom is -0.506 e. The number of aliphatic imine (C=N–C) groups is 1. The number of aliphatic hydroxyl groups excluding tert-OH is 1. The molecule has 0 atom stereocenters. The summed E-state index contributed by atoms with van der Waals surface area (Å²) >= 11 is 4.75. The zero-order valence-corrected chi connectivity index (χ0v) is 23.3. The van der Waals surface area contributed by atoms with Gasteiger partial charge in [0.05, 0.1) is 17.2 Å². The van der Waals surface area contributed by atoms with Crippen molar-refractivity contribution < 1.29 is 19.4 Å². The first-order valence-corrected chi connectivity index (χ1v) is 13.7. The van der Waals surface area contributed by atoms with Gasteiger partial charge in [0.15, 0.2) is 0 Å². The molecule has 1 aliphatic heterocycles. The Morgan fingerprint density at radius 2 is 1.86 bits per heavy atom. The van der Waals surface area contributed by atoms with Crippen molar-refractivity contribution in [3.05, 3.63) is 81.0 Å². The maximum atomic E-state index is 12.8. The molecule has 0 saturated heterocycles. The van der Waals surface area contributed by atoms with Crippen LogP contribution in [0, 0.1) is 0 Å². The van der Waals surface area contributed by atoms with Crippen LogP contribution in [0.4, 0.5) is 5.69 Å². The predicted molar refractivity (Wildman–Crippen MR) is 153 cm³/mol. The largest absolute Gasteiger partial charge is 0.506 e. The second-order valence-corrected chi connectivity index (χ2v) is 10.2. The van der Waals surface area contributed by atoms with Crippen LogP contribution in [-0.4, -0.2) is 51.2 Å². The van der Waals surface area contributed by atoms with Crippen molar-refractivity contribution >= 4 is 67.3 Å². The Morgan fingerprint density at radius 1 is 1.14 bits per heavy atom. The van der Waals surface area contributed by atoms with E-state index in [0.29, 0.717) is 28.7 Å². The van der Waals surface area contributed by atoms with E-state index in [4.69, 9.17) is 4.74 Å². The standard InChI is InChI=1S/C28H28BrN3O4S/c1-4-31(5-2)24(33)17-32-16-18(21-15-19(29)12-13-22(21)32)14-23-26(34)25(28(35)36-6-3)27(37-23)30-20-10-8-7-9-11-20/h7-16,34H,4-6,17H2,1-3H3/b23-14-,30-27?. The summed E-state index contributed by atoms with van der Waals surface area (Å²) < 4.78 is 8.02. The third-order valence-corrected chi connectivity index (χ3v) is 7.45. The molecule has 1 amide bonds. The van der Waals surface area contributed by atoms with Crippen molar-refractivity contribution in [1.82, 2.24) is 9.47 Å². The van der Waals surface area contributed by atoms with Crippen molar-refractivity contribution in [2.45, 2.75) is 27.3 Å². The lowest BCUT2D eigenvalue weighted by Gasteiger charge is -2.19. The Balaban J connectivity index is 1.79. The zero-order chi connectivity index (χ0) is 26.5. The number of amides is 1. The van der Waals surface area contributed by atoms with Crippen molar-refractivity contribution in [3.8, 4) is 0 Å². The van der Waals surface area contributed by atoms with E-state index in [0.717, 1.165) is 20.9 Å². The number of fused-ring (bicyclic) bond motifs is 1. The molecule has 7 nitrogen and oxygen atoms in total. The lowest BCUT2D eigenvalue weighted by atomic mass is 10.1. The molecule has 0 unspecified atom stereocenters. The normalized spacial score (nSPS) is 15.7. The van der Waals surface area contributed by atoms with Crippen LogP contribution in [0.2, 0.25) is 0 Å². The van der Waals surface area contributed by atoms with Gasteiger partial charge >= 0.3 is 5.97 Å². The highest BCUT2D eigenvalue weighted by Gasteiger charge is 2.33. The molecular weight excluding hydrogens is 554 g/mol. The summed E-state index contributed by atoms with van der Waals surface area (Å²) in [5.74, 6) is -0.766. The highest BCUT2D eigenvalue weighted by Crippen LogP contribution is 2.41. The monoisotopic (exact) mass is 581 g/mol. The average Bonchev–Trinajstić information content (AvgIpc) is 3.36. The number of aromatic nitrogens is 1. The number of ether oxygens (including phenoxy) is 1. The van der Waals surface area contributed by atoms with Gasteiger partial charge in [-0.3, -0.25) is 4.79 Å². The number of likely N-dealkylation sites (N-methyl/N-ethyl adjacent to an activating group) is 1. The first-order valence-electron chi connectivity index (χ1n) is 12.1. The van der Waals surface area contributed by atoms with Crippen LogP contribution in [0.5, 0.6) is 0 Å². The van der Waals surface area contributed by atoms with E-state index in [1.54, 1.807) is 11.8 Å². The number of rotatable bonds is 8. The van der Waals surface area contributed by atoms with Crippen LogP contribution < -0.4 is 0 Å². The van der Waals surface area contributed by atoms with E-state index in [-0.39, 0.29) is 30.4 Å². The van der Waals surface area contributed by atoms with Gasteiger partial charge in [-0.1, -0.05) is 45.9 Å². The first-order chi connectivity index (χ1) is 17.9. The number of para-hydroxylation sites is 1. The number of hydrogen-bond donors (Lipinski definition) is 1. The first kappa shape index (κ1) is 26.8. The van der Waals surface area contributed by atoms with Gasteiger partial charge in [-0.25, -0.2) is 9.79 Å². The van der Waals surface area contributed by atoms with E-state index in [2.05, 4.69) is 20.9 Å². The fourth-order valence-corrected chi connectivity index (χ4v) is 5.50. The lowest BCUT2D eigenvalue weighted by Crippen LogP contribution is -2.33. The van der Waals surface area contributed by atoms with Gasteiger partial charge in [0.25, 0.3) is 0 Å². The summed E-state index contributed by atoms with van der Waals surface area (Å²) in [7, 11) is 0. The third-order valence-electron chi connectivity index (χ3n) is 5.94. The van der Waals surface area contributed by atoms with Gasteiger partial charge in [0.2, 0.25) is 5.91 Å². The van der Waals surface area contributed by atoms with E-state index in [9.17, 15) is 14.7 Å². The number of carbonyl (C=O) groups is 2. The number of carbonyl (C=O) groups excluding carboxylic acids is 2. The van der Waals surface area contributed by atoms with Crippen LogP contribution in [0.3, 0.4) is 0 Å². The highest BCUT2D eigenvalue weighted by atomic mass is 79.9. The van der Waals surface area contributed by atoms with Crippen LogP contribution in [0.1, 0.15) is 26.3 Å². The van der Waals surface area contributed by atoms with Crippen molar-refractivity contribution in [1.29, 1.82) is 0 Å². The van der Waals surface area contributed by atoms with Crippen molar-refractivity contribution in [2.24, 2.45) is 4.99 Å². The molecule has 1 N–H and O–H groups in total. The summed E-state index contributed by atoms with van der Waals surface area (Å²) in [6.45, 7) is 7.31. The molecule has 192 valence electrons. The number of esters is 1. The summed E-state index contributed by atoms with van der Waals surface area (Å²) in [6, 6.07) is 15.1. The molecule has 0 aliphatic carbocycles.